The molecule has 2 N–H and O–H groups in total. The van der Waals surface area contributed by atoms with Crippen LogP contribution in [0, 0.1) is 5.92 Å². The van der Waals surface area contributed by atoms with Gasteiger partial charge in [-0.1, -0.05) is 6.92 Å². The first-order valence-corrected chi connectivity index (χ1v) is 6.57. The van der Waals surface area contributed by atoms with Gasteiger partial charge < -0.3 is 15.4 Å². The molecule has 1 rings (SSSR count). The first-order chi connectivity index (χ1) is 7.83. The van der Waals surface area contributed by atoms with Crippen LogP contribution in [0.1, 0.15) is 47.0 Å². The lowest BCUT2D eigenvalue weighted by Crippen LogP contribution is -2.47. The van der Waals surface area contributed by atoms with Crippen molar-refractivity contribution in [2.45, 2.75) is 58.6 Å². The number of carbonyl (C=O) groups is 1. The van der Waals surface area contributed by atoms with Gasteiger partial charge in [-0.05, 0) is 46.0 Å². The third-order valence-electron chi connectivity index (χ3n) is 3.19. The first-order valence-electron chi connectivity index (χ1n) is 6.57. The number of piperidine rings is 1. The van der Waals surface area contributed by atoms with Gasteiger partial charge in [0.1, 0.15) is 5.60 Å². The zero-order chi connectivity index (χ0) is 13.1. The quantitative estimate of drug-likeness (QED) is 0.808. The van der Waals surface area contributed by atoms with Crippen molar-refractivity contribution in [2.24, 2.45) is 11.7 Å². The highest BCUT2D eigenvalue weighted by Gasteiger charge is 2.29. The van der Waals surface area contributed by atoms with Crippen LogP contribution in [0.2, 0.25) is 0 Å². The maximum Gasteiger partial charge on any atom is 0.410 e. The highest BCUT2D eigenvalue weighted by Crippen LogP contribution is 2.22. The van der Waals surface area contributed by atoms with Gasteiger partial charge in [-0.2, -0.15) is 0 Å². The molecule has 0 spiro atoms. The van der Waals surface area contributed by atoms with Crippen molar-refractivity contribution >= 4 is 6.09 Å². The highest BCUT2D eigenvalue weighted by molar-refractivity contribution is 5.68. The number of hydrogen-bond acceptors (Lipinski definition) is 3. The van der Waals surface area contributed by atoms with Crippen LogP contribution in [0.3, 0.4) is 0 Å². The molecule has 0 aliphatic carbocycles. The van der Waals surface area contributed by atoms with E-state index in [1.165, 1.54) is 0 Å². The maximum atomic E-state index is 11.9. The number of nitrogens with two attached hydrogens (primary N) is 1. The molecule has 17 heavy (non-hydrogen) atoms. The van der Waals surface area contributed by atoms with E-state index in [1.54, 1.807) is 4.90 Å². The Hall–Kier alpha value is -0.770. The van der Waals surface area contributed by atoms with Crippen molar-refractivity contribution in [3.05, 3.63) is 0 Å². The van der Waals surface area contributed by atoms with E-state index in [9.17, 15) is 4.79 Å². The minimum atomic E-state index is -0.420. The van der Waals surface area contributed by atoms with E-state index in [4.69, 9.17) is 10.5 Å². The molecule has 4 heteroatoms. The lowest BCUT2D eigenvalue weighted by Gasteiger charge is -2.36. The normalized spacial score (nSPS) is 23.4. The monoisotopic (exact) mass is 242 g/mol. The molecule has 4 nitrogen and oxygen atoms in total. The standard InChI is InChI=1S/C13H26N2O2/c1-5-11(14)10-7-6-8-15(9-10)12(16)17-13(2,3)4/h10-11H,5-9,14H2,1-4H3/t10-,11+/m0/s1. The minimum Gasteiger partial charge on any atom is -0.444 e. The predicted octanol–water partition coefficient (Wildman–Crippen LogP) is 2.37. The number of carbonyl (C=O) groups excluding carboxylic acids is 1. The van der Waals surface area contributed by atoms with Gasteiger partial charge in [0, 0.05) is 19.1 Å². The van der Waals surface area contributed by atoms with Gasteiger partial charge in [-0.15, -0.1) is 0 Å². The molecule has 0 aromatic rings. The van der Waals surface area contributed by atoms with Crippen LogP contribution in [0.4, 0.5) is 4.79 Å². The van der Waals surface area contributed by atoms with Gasteiger partial charge in [0.15, 0.2) is 0 Å². The average Bonchev–Trinajstić information content (AvgIpc) is 2.26. The summed E-state index contributed by atoms with van der Waals surface area (Å²) in [5.74, 6) is 0.418. The summed E-state index contributed by atoms with van der Waals surface area (Å²) in [6.45, 7) is 9.31. The highest BCUT2D eigenvalue weighted by atomic mass is 16.6. The van der Waals surface area contributed by atoms with Crippen LogP contribution < -0.4 is 5.73 Å². The molecular weight excluding hydrogens is 216 g/mol. The van der Waals surface area contributed by atoms with E-state index in [0.29, 0.717) is 5.92 Å². The summed E-state index contributed by atoms with van der Waals surface area (Å²) >= 11 is 0. The molecule has 1 aliphatic rings. The van der Waals surface area contributed by atoms with Crippen molar-refractivity contribution in [3.63, 3.8) is 0 Å². The molecule has 1 fully saturated rings. The van der Waals surface area contributed by atoms with Gasteiger partial charge in [0.2, 0.25) is 0 Å². The van der Waals surface area contributed by atoms with Crippen molar-refractivity contribution in [2.75, 3.05) is 13.1 Å². The summed E-state index contributed by atoms with van der Waals surface area (Å²) in [6.07, 6.45) is 2.91. The number of hydrogen-bond donors (Lipinski definition) is 1. The van der Waals surface area contributed by atoms with Crippen molar-refractivity contribution < 1.29 is 9.53 Å². The number of amides is 1. The van der Waals surface area contributed by atoms with E-state index in [1.807, 2.05) is 20.8 Å². The number of likely N-dealkylation sites (tertiary alicyclic amines) is 1. The van der Waals surface area contributed by atoms with Crippen molar-refractivity contribution in [1.82, 2.24) is 4.90 Å². The van der Waals surface area contributed by atoms with Crippen LogP contribution in [-0.2, 0) is 4.74 Å². The number of nitrogens with zero attached hydrogens (tertiary/aromatic N) is 1. The second kappa shape index (κ2) is 5.71. The molecule has 2 atom stereocenters. The Morgan fingerprint density at radius 3 is 2.71 bits per heavy atom. The SMILES string of the molecule is CC[C@@H](N)[C@H]1CCCN(C(=O)OC(C)(C)C)C1. The van der Waals surface area contributed by atoms with Crippen molar-refractivity contribution in [1.29, 1.82) is 0 Å². The summed E-state index contributed by atoms with van der Waals surface area (Å²) in [7, 11) is 0. The Balaban J connectivity index is 2.52. The van der Waals surface area contributed by atoms with E-state index >= 15 is 0 Å². The van der Waals surface area contributed by atoms with Crippen LogP contribution >= 0.6 is 0 Å². The van der Waals surface area contributed by atoms with Crippen LogP contribution in [0.15, 0.2) is 0 Å². The second-order valence-corrected chi connectivity index (χ2v) is 5.90. The lowest BCUT2D eigenvalue weighted by atomic mass is 9.90. The Labute approximate surface area is 104 Å². The van der Waals surface area contributed by atoms with Crippen LogP contribution in [-0.4, -0.2) is 35.7 Å². The summed E-state index contributed by atoms with van der Waals surface area (Å²) in [5, 5.41) is 0. The molecule has 0 radical (unpaired) electrons. The molecule has 1 saturated heterocycles. The summed E-state index contributed by atoms with van der Waals surface area (Å²) < 4.78 is 5.39. The summed E-state index contributed by atoms with van der Waals surface area (Å²) in [5.41, 5.74) is 5.64. The first kappa shape index (κ1) is 14.3. The Morgan fingerprint density at radius 1 is 1.53 bits per heavy atom. The van der Waals surface area contributed by atoms with E-state index in [2.05, 4.69) is 6.92 Å². The Kier molecular flexibility index (Phi) is 4.80. The summed E-state index contributed by atoms with van der Waals surface area (Å²) in [4.78, 5) is 13.7. The third-order valence-corrected chi connectivity index (χ3v) is 3.19. The largest absolute Gasteiger partial charge is 0.444 e. The van der Waals surface area contributed by atoms with E-state index in [0.717, 1.165) is 32.4 Å². The molecule has 1 aliphatic heterocycles. The Morgan fingerprint density at radius 2 is 2.18 bits per heavy atom. The van der Waals surface area contributed by atoms with Gasteiger partial charge in [0.25, 0.3) is 0 Å². The second-order valence-electron chi connectivity index (χ2n) is 5.90. The summed E-state index contributed by atoms with van der Waals surface area (Å²) in [6, 6.07) is 0.195. The molecule has 0 saturated carbocycles. The van der Waals surface area contributed by atoms with Gasteiger partial charge in [0.05, 0.1) is 0 Å². The van der Waals surface area contributed by atoms with Gasteiger partial charge in [-0.3, -0.25) is 0 Å². The zero-order valence-electron chi connectivity index (χ0n) is 11.5. The fourth-order valence-corrected chi connectivity index (χ4v) is 2.19. The van der Waals surface area contributed by atoms with E-state index in [-0.39, 0.29) is 12.1 Å². The van der Waals surface area contributed by atoms with Crippen LogP contribution in [0.25, 0.3) is 0 Å². The maximum absolute atomic E-state index is 11.9. The third kappa shape index (κ3) is 4.54. The van der Waals surface area contributed by atoms with Crippen molar-refractivity contribution in [3.8, 4) is 0 Å². The number of ether oxygens (including phenoxy) is 1. The predicted molar refractivity (Wildman–Crippen MR) is 68.8 cm³/mol. The smallest absolute Gasteiger partial charge is 0.410 e. The van der Waals surface area contributed by atoms with Gasteiger partial charge in [-0.25, -0.2) is 4.79 Å². The molecule has 100 valence electrons. The van der Waals surface area contributed by atoms with Crippen LogP contribution in [0.5, 0.6) is 0 Å². The lowest BCUT2D eigenvalue weighted by molar-refractivity contribution is 0.0152. The number of rotatable bonds is 2. The molecule has 0 aromatic carbocycles. The Bertz CT molecular complexity index is 261. The average molecular weight is 242 g/mol. The van der Waals surface area contributed by atoms with E-state index < -0.39 is 5.60 Å². The molecule has 0 unspecified atom stereocenters. The molecule has 0 aromatic heterocycles. The zero-order valence-corrected chi connectivity index (χ0v) is 11.5. The topological polar surface area (TPSA) is 55.6 Å². The molecule has 0 bridgehead atoms. The molecule has 1 heterocycles. The van der Waals surface area contributed by atoms with Gasteiger partial charge >= 0.3 is 6.09 Å². The molecular formula is C13H26N2O2. The fourth-order valence-electron chi connectivity index (χ4n) is 2.19. The fraction of sp³-hybridized carbons (Fsp3) is 0.923. The minimum absolute atomic E-state index is 0.195. The molecule has 1 amide bonds.